The molecule has 0 aliphatic heterocycles. The van der Waals surface area contributed by atoms with Gasteiger partial charge in [0.1, 0.15) is 0 Å². The Labute approximate surface area is 79.9 Å². The number of hydrogen-bond acceptors (Lipinski definition) is 1. The van der Waals surface area contributed by atoms with Gasteiger partial charge in [-0.05, 0) is 6.42 Å². The molecule has 0 aromatic carbocycles. The second kappa shape index (κ2) is 13.4. The Morgan fingerprint density at radius 3 is 2.08 bits per heavy atom. The van der Waals surface area contributed by atoms with Crippen LogP contribution in [0.2, 0.25) is 0 Å². The minimum atomic E-state index is -0.675. The molecule has 0 radical (unpaired) electrons. The lowest BCUT2D eigenvalue weighted by Gasteiger charge is -1.92. The smallest absolute Gasteiger partial charge is 0.303 e. The molecule has 0 aromatic rings. The molecule has 2 nitrogen and oxygen atoms in total. The van der Waals surface area contributed by atoms with Crippen molar-refractivity contribution in [1.29, 1.82) is 0 Å². The fourth-order valence-electron chi connectivity index (χ4n) is 0.703. The summed E-state index contributed by atoms with van der Waals surface area (Å²) in [6.07, 6.45) is 4.55. The molecule has 0 amide bonds. The van der Waals surface area contributed by atoms with E-state index in [2.05, 4.69) is 6.92 Å². The molecular formula is C9H19ClO2. The Morgan fingerprint density at radius 1 is 1.25 bits per heavy atom. The van der Waals surface area contributed by atoms with Crippen LogP contribution in [0.1, 0.15) is 46.0 Å². The standard InChI is InChI=1S/C7H14O2.C2H5Cl/c1-2-3-4-5-6-7(8)9;1-2-3/h2-6H2,1H3,(H,8,9);2H2,1H3. The first-order valence-corrected chi connectivity index (χ1v) is 5.00. The van der Waals surface area contributed by atoms with Crippen LogP contribution < -0.4 is 0 Å². The van der Waals surface area contributed by atoms with Crippen molar-refractivity contribution in [3.63, 3.8) is 0 Å². The zero-order valence-electron chi connectivity index (χ0n) is 7.98. The Morgan fingerprint density at radius 2 is 1.75 bits per heavy atom. The molecular weight excluding hydrogens is 176 g/mol. The predicted molar refractivity (Wildman–Crippen MR) is 52.8 cm³/mol. The van der Waals surface area contributed by atoms with Gasteiger partial charge in [-0.15, -0.1) is 11.6 Å². The van der Waals surface area contributed by atoms with E-state index < -0.39 is 5.97 Å². The zero-order valence-corrected chi connectivity index (χ0v) is 8.73. The number of carboxylic acids is 1. The quantitative estimate of drug-likeness (QED) is 0.539. The van der Waals surface area contributed by atoms with Gasteiger partial charge in [0.15, 0.2) is 0 Å². The lowest BCUT2D eigenvalue weighted by molar-refractivity contribution is -0.137. The third-order valence-corrected chi connectivity index (χ3v) is 1.24. The number of carboxylic acid groups (broad SMARTS) is 1. The van der Waals surface area contributed by atoms with Crippen LogP contribution >= 0.6 is 11.6 Å². The average Bonchev–Trinajstić information content (AvgIpc) is 1.99. The summed E-state index contributed by atoms with van der Waals surface area (Å²) in [4.78, 5) is 9.96. The van der Waals surface area contributed by atoms with E-state index in [4.69, 9.17) is 16.7 Å². The maximum atomic E-state index is 9.96. The molecule has 0 unspecified atom stereocenters. The van der Waals surface area contributed by atoms with Crippen molar-refractivity contribution in [3.05, 3.63) is 0 Å². The highest BCUT2D eigenvalue weighted by molar-refractivity contribution is 6.17. The van der Waals surface area contributed by atoms with Gasteiger partial charge in [-0.3, -0.25) is 4.79 Å². The number of unbranched alkanes of at least 4 members (excludes halogenated alkanes) is 3. The van der Waals surface area contributed by atoms with Crippen LogP contribution in [0.5, 0.6) is 0 Å². The number of carbonyl (C=O) groups is 1. The van der Waals surface area contributed by atoms with Crippen molar-refractivity contribution in [1.82, 2.24) is 0 Å². The van der Waals surface area contributed by atoms with Gasteiger partial charge in [-0.1, -0.05) is 33.1 Å². The van der Waals surface area contributed by atoms with Crippen molar-refractivity contribution in [2.24, 2.45) is 0 Å². The van der Waals surface area contributed by atoms with Gasteiger partial charge >= 0.3 is 5.97 Å². The molecule has 0 aliphatic carbocycles. The summed E-state index contributed by atoms with van der Waals surface area (Å²) in [6.45, 7) is 4.00. The topological polar surface area (TPSA) is 37.3 Å². The van der Waals surface area contributed by atoms with Crippen LogP contribution in [-0.2, 0) is 4.79 Å². The lowest BCUT2D eigenvalue weighted by atomic mass is 10.2. The molecule has 0 aromatic heterocycles. The second-order valence-corrected chi connectivity index (χ2v) is 3.01. The first-order valence-electron chi connectivity index (χ1n) is 4.46. The third-order valence-electron chi connectivity index (χ3n) is 1.24. The molecule has 0 bridgehead atoms. The third kappa shape index (κ3) is 22.6. The number of hydrogen-bond donors (Lipinski definition) is 1. The average molecular weight is 195 g/mol. The largest absolute Gasteiger partial charge is 0.481 e. The van der Waals surface area contributed by atoms with Crippen LogP contribution in [0.15, 0.2) is 0 Å². The van der Waals surface area contributed by atoms with Crippen molar-refractivity contribution < 1.29 is 9.90 Å². The maximum Gasteiger partial charge on any atom is 0.303 e. The van der Waals surface area contributed by atoms with Gasteiger partial charge in [0.25, 0.3) is 0 Å². The SMILES string of the molecule is CCCCCCC(=O)O.CCCl. The number of alkyl halides is 1. The fourth-order valence-corrected chi connectivity index (χ4v) is 0.703. The van der Waals surface area contributed by atoms with Gasteiger partial charge in [-0.2, -0.15) is 0 Å². The highest BCUT2D eigenvalue weighted by Gasteiger charge is 1.93. The molecule has 0 atom stereocenters. The minimum Gasteiger partial charge on any atom is -0.481 e. The predicted octanol–water partition coefficient (Wildman–Crippen LogP) is 3.29. The molecule has 0 fully saturated rings. The van der Waals surface area contributed by atoms with E-state index in [0.717, 1.165) is 25.1 Å². The molecule has 0 rings (SSSR count). The van der Waals surface area contributed by atoms with Crippen molar-refractivity contribution in [2.45, 2.75) is 46.0 Å². The van der Waals surface area contributed by atoms with Crippen LogP contribution in [0.3, 0.4) is 0 Å². The molecule has 0 saturated carbocycles. The van der Waals surface area contributed by atoms with Gasteiger partial charge in [0, 0.05) is 12.3 Å². The van der Waals surface area contributed by atoms with Gasteiger partial charge in [0.2, 0.25) is 0 Å². The molecule has 0 aliphatic rings. The molecule has 12 heavy (non-hydrogen) atoms. The summed E-state index contributed by atoms with van der Waals surface area (Å²) < 4.78 is 0. The minimum absolute atomic E-state index is 0.333. The molecule has 1 N–H and O–H groups in total. The highest BCUT2D eigenvalue weighted by Crippen LogP contribution is 2.01. The first-order chi connectivity index (χ1) is 5.68. The van der Waals surface area contributed by atoms with Crippen LogP contribution in [-0.4, -0.2) is 17.0 Å². The van der Waals surface area contributed by atoms with Crippen LogP contribution in [0.4, 0.5) is 0 Å². The van der Waals surface area contributed by atoms with Gasteiger partial charge in [0.05, 0.1) is 0 Å². The summed E-state index contributed by atoms with van der Waals surface area (Å²) in [6, 6.07) is 0. The van der Waals surface area contributed by atoms with Crippen LogP contribution in [0.25, 0.3) is 0 Å². The molecule has 74 valence electrons. The van der Waals surface area contributed by atoms with Crippen molar-refractivity contribution in [3.8, 4) is 0 Å². The summed E-state index contributed by atoms with van der Waals surface area (Å²) >= 11 is 5.00. The summed E-state index contributed by atoms with van der Waals surface area (Å²) in [7, 11) is 0. The number of aliphatic carboxylic acids is 1. The van der Waals surface area contributed by atoms with E-state index in [1.807, 2.05) is 6.92 Å². The highest BCUT2D eigenvalue weighted by atomic mass is 35.5. The van der Waals surface area contributed by atoms with E-state index in [9.17, 15) is 4.79 Å². The van der Waals surface area contributed by atoms with E-state index >= 15 is 0 Å². The first kappa shape index (κ1) is 14.3. The van der Waals surface area contributed by atoms with Crippen molar-refractivity contribution >= 4 is 17.6 Å². The lowest BCUT2D eigenvalue weighted by Crippen LogP contribution is -1.92. The Bertz CT molecular complexity index is 94.5. The number of rotatable bonds is 5. The monoisotopic (exact) mass is 194 g/mol. The maximum absolute atomic E-state index is 9.96. The Kier molecular flexibility index (Phi) is 15.9. The molecule has 0 saturated heterocycles. The van der Waals surface area contributed by atoms with E-state index in [1.165, 1.54) is 6.42 Å². The zero-order chi connectivity index (χ0) is 9.82. The summed E-state index contributed by atoms with van der Waals surface area (Å²) in [5.74, 6) is 0.0473. The Balaban J connectivity index is 0. The second-order valence-electron chi connectivity index (χ2n) is 2.47. The van der Waals surface area contributed by atoms with Gasteiger partial charge < -0.3 is 5.11 Å². The Hall–Kier alpha value is -0.240. The van der Waals surface area contributed by atoms with E-state index in [1.54, 1.807) is 0 Å². The van der Waals surface area contributed by atoms with Gasteiger partial charge in [-0.25, -0.2) is 0 Å². The molecule has 3 heteroatoms. The fraction of sp³-hybridized carbons (Fsp3) is 0.889. The van der Waals surface area contributed by atoms with Crippen molar-refractivity contribution in [2.75, 3.05) is 5.88 Å². The van der Waals surface area contributed by atoms with Crippen LogP contribution in [0, 0.1) is 0 Å². The van der Waals surface area contributed by atoms with E-state index in [0.29, 0.717) is 6.42 Å². The molecule has 0 spiro atoms. The number of halogens is 1. The summed E-state index contributed by atoms with van der Waals surface area (Å²) in [5, 5.41) is 8.21. The summed E-state index contributed by atoms with van der Waals surface area (Å²) in [5.41, 5.74) is 0. The molecule has 0 heterocycles. The van der Waals surface area contributed by atoms with E-state index in [-0.39, 0.29) is 0 Å². The normalized spacial score (nSPS) is 8.58.